The highest BCUT2D eigenvalue weighted by Crippen LogP contribution is 2.30. The van der Waals surface area contributed by atoms with Crippen molar-refractivity contribution in [3.63, 3.8) is 0 Å². The Labute approximate surface area is 212 Å². The lowest BCUT2D eigenvalue weighted by Gasteiger charge is -2.27. The zero-order valence-electron chi connectivity index (χ0n) is 19.9. The summed E-state index contributed by atoms with van der Waals surface area (Å²) in [4.78, 5) is 39.6. The maximum atomic E-state index is 13.4. The molecule has 1 N–H and O–H groups in total. The molecule has 6 nitrogen and oxygen atoms in total. The standard InChI is InChI=1S/C28H25BrN2O4/c1-16-5-9-24(19(4)11-16)31-27(33)23(26(32)30-28(31)34)14-21-13-22(29)8-10-25(21)35-15-20-7-6-17(2)18(3)12-20/h5-14H,15H2,1-4H3,(H,30,32,34)/b23-14+. The van der Waals surface area contributed by atoms with Gasteiger partial charge in [-0.15, -0.1) is 0 Å². The monoisotopic (exact) mass is 532 g/mol. The number of hydrogen-bond donors (Lipinski definition) is 1. The van der Waals surface area contributed by atoms with E-state index >= 15 is 0 Å². The molecule has 0 unspecified atom stereocenters. The van der Waals surface area contributed by atoms with Crippen molar-refractivity contribution in [1.82, 2.24) is 5.32 Å². The van der Waals surface area contributed by atoms with Gasteiger partial charge in [-0.25, -0.2) is 9.69 Å². The zero-order chi connectivity index (χ0) is 25.3. The Kier molecular flexibility index (Phi) is 6.89. The maximum absolute atomic E-state index is 13.4. The SMILES string of the molecule is Cc1ccc(N2C(=O)NC(=O)/C(=C\c3cc(Br)ccc3OCc3ccc(C)c(C)c3)C2=O)c(C)c1. The molecule has 1 heterocycles. The van der Waals surface area contributed by atoms with Crippen molar-refractivity contribution in [3.05, 3.63) is 98.0 Å². The summed E-state index contributed by atoms with van der Waals surface area (Å²) in [5.41, 5.74) is 5.95. The van der Waals surface area contributed by atoms with Gasteiger partial charge in [-0.2, -0.15) is 0 Å². The number of halogens is 1. The van der Waals surface area contributed by atoms with Gasteiger partial charge in [-0.05, 0) is 80.3 Å². The Morgan fingerprint density at radius 1 is 0.886 bits per heavy atom. The van der Waals surface area contributed by atoms with Gasteiger partial charge in [-0.3, -0.25) is 14.9 Å². The molecule has 0 radical (unpaired) electrons. The van der Waals surface area contributed by atoms with Crippen LogP contribution in [0.15, 0.2) is 64.6 Å². The van der Waals surface area contributed by atoms with Crippen LogP contribution in [0.1, 0.15) is 33.4 Å². The van der Waals surface area contributed by atoms with Gasteiger partial charge in [0.15, 0.2) is 0 Å². The lowest BCUT2D eigenvalue weighted by atomic mass is 10.0. The fourth-order valence-electron chi connectivity index (χ4n) is 3.91. The molecule has 0 atom stereocenters. The first-order valence-corrected chi connectivity index (χ1v) is 11.9. The molecule has 7 heteroatoms. The predicted octanol–water partition coefficient (Wildman–Crippen LogP) is 5.93. The average Bonchev–Trinajstić information content (AvgIpc) is 2.79. The summed E-state index contributed by atoms with van der Waals surface area (Å²) >= 11 is 3.44. The van der Waals surface area contributed by atoms with Crippen molar-refractivity contribution in [2.45, 2.75) is 34.3 Å². The molecule has 35 heavy (non-hydrogen) atoms. The molecule has 1 aliphatic heterocycles. The molecular weight excluding hydrogens is 508 g/mol. The van der Waals surface area contributed by atoms with Crippen molar-refractivity contribution >= 4 is 45.5 Å². The highest BCUT2D eigenvalue weighted by molar-refractivity contribution is 9.10. The largest absolute Gasteiger partial charge is 0.488 e. The summed E-state index contributed by atoms with van der Waals surface area (Å²) in [6.07, 6.45) is 1.46. The Morgan fingerprint density at radius 2 is 1.66 bits per heavy atom. The molecule has 4 amide bonds. The van der Waals surface area contributed by atoms with Crippen LogP contribution in [-0.4, -0.2) is 17.8 Å². The molecule has 1 saturated heterocycles. The number of imide groups is 2. The van der Waals surface area contributed by atoms with Crippen molar-refractivity contribution in [2.75, 3.05) is 4.90 Å². The number of ether oxygens (including phenoxy) is 1. The predicted molar refractivity (Wildman–Crippen MR) is 139 cm³/mol. The van der Waals surface area contributed by atoms with Gasteiger partial charge in [0.25, 0.3) is 11.8 Å². The minimum Gasteiger partial charge on any atom is -0.488 e. The van der Waals surface area contributed by atoms with E-state index in [1.165, 1.54) is 17.2 Å². The van der Waals surface area contributed by atoms with Gasteiger partial charge in [0.1, 0.15) is 17.9 Å². The van der Waals surface area contributed by atoms with E-state index < -0.39 is 17.8 Å². The minimum atomic E-state index is -0.774. The number of barbiturate groups is 1. The third-order valence-corrected chi connectivity index (χ3v) is 6.43. The average molecular weight is 533 g/mol. The number of carbonyl (C=O) groups excluding carboxylic acids is 3. The first-order chi connectivity index (χ1) is 16.6. The minimum absolute atomic E-state index is 0.154. The number of nitrogens with one attached hydrogen (secondary N) is 1. The van der Waals surface area contributed by atoms with Crippen LogP contribution in [0.5, 0.6) is 5.75 Å². The van der Waals surface area contributed by atoms with Gasteiger partial charge in [-0.1, -0.05) is 51.8 Å². The fraction of sp³-hybridized carbons (Fsp3) is 0.179. The smallest absolute Gasteiger partial charge is 0.335 e. The van der Waals surface area contributed by atoms with E-state index in [-0.39, 0.29) is 5.57 Å². The van der Waals surface area contributed by atoms with Gasteiger partial charge >= 0.3 is 6.03 Å². The molecule has 0 spiro atoms. The Hall–Kier alpha value is -3.71. The molecular formula is C28H25BrN2O4. The Bertz CT molecular complexity index is 1390. The summed E-state index contributed by atoms with van der Waals surface area (Å²) in [6.45, 7) is 8.17. The molecule has 0 bridgehead atoms. The topological polar surface area (TPSA) is 75.7 Å². The number of rotatable bonds is 5. The maximum Gasteiger partial charge on any atom is 0.335 e. The quantitative estimate of drug-likeness (QED) is 0.326. The van der Waals surface area contributed by atoms with Crippen molar-refractivity contribution in [2.24, 2.45) is 0 Å². The lowest BCUT2D eigenvalue weighted by Crippen LogP contribution is -2.54. The van der Waals surface area contributed by atoms with Crippen LogP contribution in [0, 0.1) is 27.7 Å². The van der Waals surface area contributed by atoms with Crippen molar-refractivity contribution in [3.8, 4) is 5.75 Å². The van der Waals surface area contributed by atoms with Crippen LogP contribution in [0.3, 0.4) is 0 Å². The van der Waals surface area contributed by atoms with Crippen LogP contribution in [0.25, 0.3) is 6.08 Å². The summed E-state index contributed by atoms with van der Waals surface area (Å²) in [5.74, 6) is -0.929. The molecule has 3 aromatic rings. The summed E-state index contributed by atoms with van der Waals surface area (Å²) in [5, 5.41) is 2.28. The van der Waals surface area contributed by atoms with Crippen molar-refractivity contribution in [1.29, 1.82) is 0 Å². The van der Waals surface area contributed by atoms with E-state index in [2.05, 4.69) is 34.2 Å². The number of amides is 4. The van der Waals surface area contributed by atoms with Gasteiger partial charge < -0.3 is 4.74 Å². The van der Waals surface area contributed by atoms with Crippen molar-refractivity contribution < 1.29 is 19.1 Å². The molecule has 0 aromatic heterocycles. The second-order valence-electron chi connectivity index (χ2n) is 8.64. The molecule has 0 saturated carbocycles. The Morgan fingerprint density at radius 3 is 2.37 bits per heavy atom. The number of benzene rings is 3. The van der Waals surface area contributed by atoms with E-state index in [1.54, 1.807) is 18.2 Å². The number of nitrogens with zero attached hydrogens (tertiary/aromatic N) is 1. The molecule has 1 aliphatic rings. The number of carbonyl (C=O) groups is 3. The number of hydrogen-bond acceptors (Lipinski definition) is 4. The number of urea groups is 1. The first-order valence-electron chi connectivity index (χ1n) is 11.1. The molecule has 4 rings (SSSR count). The highest BCUT2D eigenvalue weighted by Gasteiger charge is 2.37. The third kappa shape index (κ3) is 5.20. The Balaban J connectivity index is 1.68. The molecule has 178 valence electrons. The highest BCUT2D eigenvalue weighted by atomic mass is 79.9. The van der Waals surface area contributed by atoms with E-state index in [0.29, 0.717) is 23.6 Å². The van der Waals surface area contributed by atoms with E-state index in [1.807, 2.05) is 51.1 Å². The second kappa shape index (κ2) is 9.88. The van der Waals surface area contributed by atoms with Crippen LogP contribution in [0.2, 0.25) is 0 Å². The molecule has 1 fully saturated rings. The second-order valence-corrected chi connectivity index (χ2v) is 9.55. The zero-order valence-corrected chi connectivity index (χ0v) is 21.5. The van der Waals surface area contributed by atoms with E-state index in [4.69, 9.17) is 4.74 Å². The third-order valence-electron chi connectivity index (χ3n) is 5.93. The van der Waals surface area contributed by atoms with Gasteiger partial charge in [0, 0.05) is 10.0 Å². The lowest BCUT2D eigenvalue weighted by molar-refractivity contribution is -0.122. The summed E-state index contributed by atoms with van der Waals surface area (Å²) in [7, 11) is 0. The van der Waals surface area contributed by atoms with Crippen LogP contribution >= 0.6 is 15.9 Å². The normalized spacial score (nSPS) is 14.9. The van der Waals surface area contributed by atoms with Gasteiger partial charge in [0.05, 0.1) is 5.69 Å². The summed E-state index contributed by atoms with van der Waals surface area (Å²) < 4.78 is 6.82. The number of anilines is 1. The summed E-state index contributed by atoms with van der Waals surface area (Å²) in [6, 6.07) is 16.1. The van der Waals surface area contributed by atoms with Gasteiger partial charge in [0.2, 0.25) is 0 Å². The van der Waals surface area contributed by atoms with E-state index in [9.17, 15) is 14.4 Å². The van der Waals surface area contributed by atoms with E-state index in [0.717, 1.165) is 26.1 Å². The van der Waals surface area contributed by atoms with Crippen LogP contribution in [-0.2, 0) is 16.2 Å². The number of aryl methyl sites for hydroxylation is 4. The molecule has 3 aromatic carbocycles. The fourth-order valence-corrected chi connectivity index (χ4v) is 4.28. The molecule has 0 aliphatic carbocycles. The van der Waals surface area contributed by atoms with Crippen LogP contribution < -0.4 is 15.0 Å². The first kappa shape index (κ1) is 24.4. The van der Waals surface area contributed by atoms with Crippen LogP contribution in [0.4, 0.5) is 10.5 Å².